The van der Waals surface area contributed by atoms with Crippen LogP contribution >= 0.6 is 0 Å². The molecule has 0 saturated carbocycles. The van der Waals surface area contributed by atoms with Gasteiger partial charge in [0.15, 0.2) is 0 Å². The van der Waals surface area contributed by atoms with Gasteiger partial charge in [-0.05, 0) is 32.8 Å². The fraction of sp³-hybridized carbons (Fsp3) is 0.533. The van der Waals surface area contributed by atoms with Crippen LogP contribution in [-0.4, -0.2) is 88.1 Å². The van der Waals surface area contributed by atoms with Crippen LogP contribution in [0.3, 0.4) is 0 Å². The molecule has 4 aliphatic rings. The van der Waals surface area contributed by atoms with Crippen LogP contribution in [0.25, 0.3) is 0 Å². The number of rotatable bonds is 3. The number of aliphatic hydroxyl groups excluding tert-OH is 1. The zero-order valence-electron chi connectivity index (χ0n) is 23.1. The predicted octanol–water partition coefficient (Wildman–Crippen LogP) is 1.51. The van der Waals surface area contributed by atoms with Gasteiger partial charge in [0.05, 0.1) is 25.2 Å². The van der Waals surface area contributed by atoms with E-state index in [-0.39, 0.29) is 44.5 Å². The number of benzene rings is 1. The third kappa shape index (κ3) is 4.83. The Labute approximate surface area is 234 Å². The number of fused-ring (bicyclic) bond motifs is 2. The van der Waals surface area contributed by atoms with E-state index in [0.717, 1.165) is 0 Å². The average molecular weight is 552 g/mol. The van der Waals surface area contributed by atoms with Crippen LogP contribution in [0.5, 0.6) is 0 Å². The number of likely N-dealkylation sites (tertiary alicyclic amines) is 1. The van der Waals surface area contributed by atoms with Crippen LogP contribution in [0, 0.1) is 11.8 Å². The van der Waals surface area contributed by atoms with Crippen molar-refractivity contribution in [3.63, 3.8) is 0 Å². The summed E-state index contributed by atoms with van der Waals surface area (Å²) >= 11 is 0. The van der Waals surface area contributed by atoms with E-state index in [9.17, 15) is 24.3 Å². The number of β-amino-alcohol motifs (C(OH)–C–C–N with tert-alkyl or cyclic N) is 1. The number of aliphatic hydroxyl groups is 1. The van der Waals surface area contributed by atoms with Crippen molar-refractivity contribution < 1.29 is 33.8 Å². The van der Waals surface area contributed by atoms with Gasteiger partial charge in [0.2, 0.25) is 17.7 Å². The first-order valence-corrected chi connectivity index (χ1v) is 13.9. The first-order valence-electron chi connectivity index (χ1n) is 13.9. The van der Waals surface area contributed by atoms with E-state index in [4.69, 9.17) is 9.47 Å². The molecule has 0 aliphatic carbocycles. The zero-order chi connectivity index (χ0) is 28.7. The molecule has 5 rings (SSSR count). The van der Waals surface area contributed by atoms with Gasteiger partial charge in [0, 0.05) is 25.0 Å². The van der Waals surface area contributed by atoms with E-state index in [1.807, 2.05) is 63.3 Å². The number of ether oxygens (including phenoxy) is 2. The first-order chi connectivity index (χ1) is 19.1. The first kappa shape index (κ1) is 28.0. The molecule has 3 amide bonds. The molecule has 2 fully saturated rings. The Kier molecular flexibility index (Phi) is 7.58. The maximum Gasteiger partial charge on any atom is 0.313 e. The summed E-state index contributed by atoms with van der Waals surface area (Å²) in [6.45, 7) is 5.65. The van der Waals surface area contributed by atoms with Crippen LogP contribution in [0.4, 0.5) is 0 Å². The summed E-state index contributed by atoms with van der Waals surface area (Å²) < 4.78 is 12.4. The molecule has 1 aromatic carbocycles. The van der Waals surface area contributed by atoms with Crippen molar-refractivity contribution in [2.75, 3.05) is 26.2 Å². The van der Waals surface area contributed by atoms with Crippen LogP contribution in [0.15, 0.2) is 54.6 Å². The number of nitrogens with one attached hydrogen (secondary N) is 1. The lowest BCUT2D eigenvalue weighted by Gasteiger charge is -2.41. The highest BCUT2D eigenvalue weighted by molar-refractivity contribution is 5.99. The number of cyclic esters (lactones) is 1. The minimum absolute atomic E-state index is 0.0659. The Morgan fingerprint density at radius 1 is 1.07 bits per heavy atom. The third-order valence-electron chi connectivity index (χ3n) is 8.20. The number of esters is 1. The van der Waals surface area contributed by atoms with Gasteiger partial charge in [-0.25, -0.2) is 0 Å². The largest absolute Gasteiger partial charge is 0.455 e. The molecule has 10 heteroatoms. The normalized spacial score (nSPS) is 33.6. The van der Waals surface area contributed by atoms with Crippen molar-refractivity contribution in [3.8, 4) is 0 Å². The Morgan fingerprint density at radius 2 is 1.82 bits per heavy atom. The van der Waals surface area contributed by atoms with E-state index in [1.54, 1.807) is 17.1 Å². The van der Waals surface area contributed by atoms with Gasteiger partial charge < -0.3 is 29.7 Å². The van der Waals surface area contributed by atoms with Crippen molar-refractivity contribution in [2.45, 2.75) is 63.0 Å². The minimum Gasteiger partial charge on any atom is -0.455 e. The second-order valence-electron chi connectivity index (χ2n) is 11.7. The quantitative estimate of drug-likeness (QED) is 0.431. The molecule has 0 radical (unpaired) electrons. The van der Waals surface area contributed by atoms with Gasteiger partial charge >= 0.3 is 5.97 Å². The Hall–Kier alpha value is -3.50. The predicted molar refractivity (Wildman–Crippen MR) is 144 cm³/mol. The number of nitrogens with zero attached hydrogens (tertiary/aromatic N) is 2. The highest BCUT2D eigenvalue weighted by atomic mass is 16.6. The van der Waals surface area contributed by atoms with Gasteiger partial charge in [-0.1, -0.05) is 54.6 Å². The molecule has 40 heavy (non-hydrogen) atoms. The Bertz CT molecular complexity index is 1220. The van der Waals surface area contributed by atoms with Crippen molar-refractivity contribution in [1.29, 1.82) is 0 Å². The molecule has 2 saturated heterocycles. The smallest absolute Gasteiger partial charge is 0.313 e. The number of hydrogen-bond acceptors (Lipinski definition) is 7. The molecular formula is C30H37N3O7. The molecule has 4 aliphatic heterocycles. The highest BCUT2D eigenvalue weighted by Gasteiger charge is 2.73. The summed E-state index contributed by atoms with van der Waals surface area (Å²) in [5, 5.41) is 12.7. The van der Waals surface area contributed by atoms with Crippen LogP contribution < -0.4 is 5.32 Å². The number of amides is 3. The summed E-state index contributed by atoms with van der Waals surface area (Å²) in [7, 11) is 0. The van der Waals surface area contributed by atoms with E-state index in [2.05, 4.69) is 5.32 Å². The molecule has 214 valence electrons. The molecule has 1 aromatic rings. The molecule has 5 bridgehead atoms. The minimum atomic E-state index is -1.35. The van der Waals surface area contributed by atoms with Crippen molar-refractivity contribution in [2.24, 2.45) is 11.8 Å². The van der Waals surface area contributed by atoms with Crippen LogP contribution in [0.1, 0.15) is 45.3 Å². The number of hydrogen-bond donors (Lipinski definition) is 2. The van der Waals surface area contributed by atoms with Crippen LogP contribution in [-0.2, 0) is 28.7 Å². The summed E-state index contributed by atoms with van der Waals surface area (Å²) in [6.07, 6.45) is 6.37. The van der Waals surface area contributed by atoms with Crippen molar-refractivity contribution >= 4 is 23.7 Å². The fourth-order valence-electron chi connectivity index (χ4n) is 6.33. The third-order valence-corrected chi connectivity index (χ3v) is 8.20. The summed E-state index contributed by atoms with van der Waals surface area (Å²) in [5.74, 6) is -3.52. The van der Waals surface area contributed by atoms with Gasteiger partial charge in [-0.2, -0.15) is 0 Å². The number of carbonyl (C=O) groups excluding carboxylic acids is 4. The maximum atomic E-state index is 14.3. The molecule has 0 unspecified atom stereocenters. The monoisotopic (exact) mass is 551 g/mol. The molecule has 6 atom stereocenters. The van der Waals surface area contributed by atoms with E-state index < -0.39 is 53.1 Å². The lowest BCUT2D eigenvalue weighted by atomic mass is 9.74. The van der Waals surface area contributed by atoms with Crippen molar-refractivity contribution in [1.82, 2.24) is 15.1 Å². The summed E-state index contributed by atoms with van der Waals surface area (Å²) in [4.78, 5) is 57.6. The second kappa shape index (κ2) is 10.8. The molecule has 0 aromatic heterocycles. The van der Waals surface area contributed by atoms with E-state index >= 15 is 0 Å². The van der Waals surface area contributed by atoms with Crippen molar-refractivity contribution in [3.05, 3.63) is 60.2 Å². The Morgan fingerprint density at radius 3 is 2.52 bits per heavy atom. The standard InChI is InChI=1S/C30H37N3O7/c1-29(2,3)33-15-9-5-8-12-22(35)31-18-21(19-10-6-4-7-11-19)39-28(38)23-20-13-14-30(40-20)24(23)26(36)32(16-17-34)25(30)27(33)37/h4-7,9-11,13-14,20-21,23-25,34H,8,12,15-18H2,1-3H3,(H,31,35)/b9-5-/t20-,21-,23+,24+,25-,30+/m1/s1. The molecule has 4 heterocycles. The van der Waals surface area contributed by atoms with Gasteiger partial charge in [-0.3, -0.25) is 19.2 Å². The maximum absolute atomic E-state index is 14.3. The summed E-state index contributed by atoms with van der Waals surface area (Å²) in [6, 6.07) is 8.06. The van der Waals surface area contributed by atoms with E-state index in [1.165, 1.54) is 4.90 Å². The average Bonchev–Trinajstić information content (AvgIpc) is 3.55. The van der Waals surface area contributed by atoms with Gasteiger partial charge in [-0.15, -0.1) is 0 Å². The molecule has 1 spiro atoms. The summed E-state index contributed by atoms with van der Waals surface area (Å²) in [5.41, 5.74) is -1.25. The fourth-order valence-corrected chi connectivity index (χ4v) is 6.33. The number of carbonyl (C=O) groups is 4. The zero-order valence-corrected chi connectivity index (χ0v) is 23.1. The SMILES string of the molecule is CC(C)(C)N1C/C=C\CCC(=O)NC[C@H](c2ccccc2)OC(=O)[C@@H]2[C@H]3C(=O)N(CCO)[C@H](C1=O)[C@]31C=C[C@H]2O1. The Balaban J connectivity index is 1.57. The second-order valence-corrected chi connectivity index (χ2v) is 11.7. The highest BCUT2D eigenvalue weighted by Crippen LogP contribution is 2.56. The van der Waals surface area contributed by atoms with E-state index in [0.29, 0.717) is 12.0 Å². The topological polar surface area (TPSA) is 125 Å². The molecule has 10 nitrogen and oxygen atoms in total. The lowest BCUT2D eigenvalue weighted by molar-refractivity contribution is -0.160. The van der Waals surface area contributed by atoms with Crippen LogP contribution in [0.2, 0.25) is 0 Å². The molecule has 2 N–H and O–H groups in total. The lowest BCUT2D eigenvalue weighted by Crippen LogP contribution is -2.59. The van der Waals surface area contributed by atoms with Gasteiger partial charge in [0.1, 0.15) is 23.7 Å². The number of allylic oxidation sites excluding steroid dienone is 1. The van der Waals surface area contributed by atoms with Gasteiger partial charge in [0.25, 0.3) is 0 Å². The molecular weight excluding hydrogens is 514 g/mol.